The maximum Gasteiger partial charge on any atom is 0.224 e. The number of hydrogen-bond acceptors (Lipinski definition) is 6. The van der Waals surface area contributed by atoms with Crippen LogP contribution in [0.15, 0.2) is 60.9 Å². The molecule has 0 saturated heterocycles. The van der Waals surface area contributed by atoms with Gasteiger partial charge in [0.05, 0.1) is 27.5 Å². The lowest BCUT2D eigenvalue weighted by Crippen LogP contribution is -2.10. The number of aryl methyl sites for hydroxylation is 1. The third-order valence-electron chi connectivity index (χ3n) is 5.23. The molecular weight excluding hydrogens is 450 g/mol. The minimum absolute atomic E-state index is 0.0885. The number of aromatic nitrogens is 2. The zero-order chi connectivity index (χ0) is 24.1. The lowest BCUT2D eigenvalue weighted by Gasteiger charge is -2.15. The number of amides is 1. The van der Waals surface area contributed by atoms with Gasteiger partial charge >= 0.3 is 0 Å². The van der Waals surface area contributed by atoms with Gasteiger partial charge < -0.3 is 15.4 Å². The Morgan fingerprint density at radius 2 is 2.03 bits per heavy atom. The Labute approximate surface area is 202 Å². The Hall–Kier alpha value is -4.15. The van der Waals surface area contributed by atoms with Crippen molar-refractivity contribution >= 4 is 45.5 Å². The lowest BCUT2D eigenvalue weighted by atomic mass is 10.1. The van der Waals surface area contributed by atoms with Gasteiger partial charge in [0.15, 0.2) is 0 Å². The van der Waals surface area contributed by atoms with E-state index in [2.05, 4.69) is 26.7 Å². The van der Waals surface area contributed by atoms with Crippen molar-refractivity contribution in [3.8, 4) is 11.8 Å². The predicted octanol–water partition coefficient (Wildman–Crippen LogP) is 6.13. The molecule has 0 bridgehead atoms. The number of rotatable bonds is 7. The Morgan fingerprint density at radius 1 is 1.18 bits per heavy atom. The molecule has 7 nitrogen and oxygen atoms in total. The first-order valence-corrected chi connectivity index (χ1v) is 11.1. The summed E-state index contributed by atoms with van der Waals surface area (Å²) in [5, 5.41) is 17.0. The van der Waals surface area contributed by atoms with Crippen molar-refractivity contribution in [3.63, 3.8) is 0 Å². The third kappa shape index (κ3) is 5.08. The molecule has 0 fully saturated rings. The van der Waals surface area contributed by atoms with E-state index in [1.54, 1.807) is 25.3 Å². The minimum Gasteiger partial charge on any atom is -0.486 e. The largest absolute Gasteiger partial charge is 0.486 e. The second-order valence-corrected chi connectivity index (χ2v) is 8.03. The number of fused-ring (bicyclic) bond motifs is 1. The summed E-state index contributed by atoms with van der Waals surface area (Å²) in [6.45, 7) is 4.00. The minimum atomic E-state index is -0.0885. The van der Waals surface area contributed by atoms with Gasteiger partial charge in [-0.3, -0.25) is 14.8 Å². The van der Waals surface area contributed by atoms with Gasteiger partial charge in [0.1, 0.15) is 18.4 Å². The van der Waals surface area contributed by atoms with E-state index in [-0.39, 0.29) is 5.91 Å². The highest BCUT2D eigenvalue weighted by Crippen LogP contribution is 2.35. The van der Waals surface area contributed by atoms with Crippen molar-refractivity contribution in [1.29, 1.82) is 5.26 Å². The van der Waals surface area contributed by atoms with Crippen molar-refractivity contribution in [2.24, 2.45) is 0 Å². The highest BCUT2D eigenvalue weighted by atomic mass is 35.5. The second-order valence-electron chi connectivity index (χ2n) is 7.62. The number of pyridine rings is 2. The molecular formula is C26H22ClN5O2. The van der Waals surface area contributed by atoms with E-state index in [0.717, 1.165) is 11.3 Å². The van der Waals surface area contributed by atoms with Gasteiger partial charge in [0, 0.05) is 35.6 Å². The summed E-state index contributed by atoms with van der Waals surface area (Å²) in [6, 6.07) is 16.8. The van der Waals surface area contributed by atoms with E-state index in [1.807, 2.05) is 43.3 Å². The predicted molar refractivity (Wildman–Crippen MR) is 133 cm³/mol. The molecule has 34 heavy (non-hydrogen) atoms. The smallest absolute Gasteiger partial charge is 0.224 e. The molecule has 0 spiro atoms. The molecule has 0 saturated carbocycles. The maximum atomic E-state index is 12.0. The fourth-order valence-electron chi connectivity index (χ4n) is 3.41. The number of anilines is 3. The average Bonchev–Trinajstić information content (AvgIpc) is 2.85. The molecule has 2 aromatic heterocycles. The maximum absolute atomic E-state index is 12.0. The molecule has 2 aromatic carbocycles. The van der Waals surface area contributed by atoms with Crippen LogP contribution >= 0.6 is 11.6 Å². The molecule has 0 radical (unpaired) electrons. The summed E-state index contributed by atoms with van der Waals surface area (Å²) in [6.07, 6.45) is 3.60. The molecule has 4 aromatic rings. The van der Waals surface area contributed by atoms with Crippen molar-refractivity contribution in [3.05, 3.63) is 82.8 Å². The first kappa shape index (κ1) is 23.0. The van der Waals surface area contributed by atoms with Crippen LogP contribution in [0.3, 0.4) is 0 Å². The molecule has 2 N–H and O–H groups in total. The number of nitrogens with zero attached hydrogens (tertiary/aromatic N) is 3. The van der Waals surface area contributed by atoms with Crippen LogP contribution in [-0.2, 0) is 11.4 Å². The SMILES string of the molecule is CCC(=O)Nc1cc2c(Nc3ccc(OCc4ccccn4)c(Cl)c3)c(C#N)cnc2cc1C. The molecule has 170 valence electrons. The first-order valence-electron chi connectivity index (χ1n) is 10.7. The van der Waals surface area contributed by atoms with Gasteiger partial charge in [-0.05, 0) is 55.0 Å². The number of nitriles is 1. The molecule has 8 heteroatoms. The molecule has 0 unspecified atom stereocenters. The van der Waals surface area contributed by atoms with E-state index in [1.165, 1.54) is 6.20 Å². The quantitative estimate of drug-likeness (QED) is 0.336. The van der Waals surface area contributed by atoms with Crippen LogP contribution in [0.1, 0.15) is 30.2 Å². The third-order valence-corrected chi connectivity index (χ3v) is 5.53. The van der Waals surface area contributed by atoms with Crippen LogP contribution in [0.25, 0.3) is 10.9 Å². The van der Waals surface area contributed by atoms with Crippen LogP contribution < -0.4 is 15.4 Å². The van der Waals surface area contributed by atoms with Crippen molar-refractivity contribution < 1.29 is 9.53 Å². The first-order chi connectivity index (χ1) is 16.5. The van der Waals surface area contributed by atoms with E-state index < -0.39 is 0 Å². The molecule has 0 aliphatic heterocycles. The monoisotopic (exact) mass is 471 g/mol. The van der Waals surface area contributed by atoms with E-state index >= 15 is 0 Å². The molecule has 0 aliphatic rings. The van der Waals surface area contributed by atoms with Crippen molar-refractivity contribution in [1.82, 2.24) is 9.97 Å². The molecule has 0 atom stereocenters. The molecule has 2 heterocycles. The fraction of sp³-hybridized carbons (Fsp3) is 0.154. The number of hydrogen-bond donors (Lipinski definition) is 2. The number of halogens is 1. The zero-order valence-electron chi connectivity index (χ0n) is 18.7. The zero-order valence-corrected chi connectivity index (χ0v) is 19.5. The summed E-state index contributed by atoms with van der Waals surface area (Å²) < 4.78 is 5.79. The number of nitrogens with one attached hydrogen (secondary N) is 2. The molecule has 0 aliphatic carbocycles. The fourth-order valence-corrected chi connectivity index (χ4v) is 3.65. The summed E-state index contributed by atoms with van der Waals surface area (Å²) in [4.78, 5) is 20.6. The van der Waals surface area contributed by atoms with Crippen LogP contribution in [0.5, 0.6) is 5.75 Å². The van der Waals surface area contributed by atoms with Crippen molar-refractivity contribution in [2.45, 2.75) is 26.9 Å². The lowest BCUT2D eigenvalue weighted by molar-refractivity contribution is -0.115. The Balaban J connectivity index is 1.65. The van der Waals surface area contributed by atoms with E-state index in [9.17, 15) is 10.1 Å². The molecule has 1 amide bonds. The standard InChI is InChI=1S/C26H22ClN5O2/c1-3-25(33)32-22-12-20-23(10-16(22)2)30-14-17(13-28)26(20)31-18-7-8-24(21(27)11-18)34-15-19-6-4-5-9-29-19/h4-12,14H,3,15H2,1-2H3,(H,30,31)(H,32,33). The van der Waals surface area contributed by atoms with Gasteiger partial charge in [-0.1, -0.05) is 24.6 Å². The number of carbonyl (C=O) groups excluding carboxylic acids is 1. The summed E-state index contributed by atoms with van der Waals surface area (Å²) in [5.74, 6) is 0.438. The average molecular weight is 472 g/mol. The van der Waals surface area contributed by atoms with Gasteiger partial charge in [-0.2, -0.15) is 5.26 Å². The van der Waals surface area contributed by atoms with Gasteiger partial charge in [-0.25, -0.2) is 0 Å². The summed E-state index contributed by atoms with van der Waals surface area (Å²) >= 11 is 6.46. The molecule has 4 rings (SSSR count). The Kier molecular flexibility index (Phi) is 6.90. The number of benzene rings is 2. The normalized spacial score (nSPS) is 10.5. The van der Waals surface area contributed by atoms with Gasteiger partial charge in [-0.15, -0.1) is 0 Å². The van der Waals surface area contributed by atoms with Crippen LogP contribution in [0.2, 0.25) is 5.02 Å². The number of carbonyl (C=O) groups is 1. The van der Waals surface area contributed by atoms with Crippen LogP contribution in [0, 0.1) is 18.3 Å². The topological polar surface area (TPSA) is 99.9 Å². The summed E-state index contributed by atoms with van der Waals surface area (Å²) in [5.41, 5.74) is 4.69. The Bertz CT molecular complexity index is 1400. The van der Waals surface area contributed by atoms with Crippen LogP contribution in [0.4, 0.5) is 17.1 Å². The van der Waals surface area contributed by atoms with E-state index in [0.29, 0.717) is 57.3 Å². The van der Waals surface area contributed by atoms with Gasteiger partial charge in [0.25, 0.3) is 0 Å². The number of ether oxygens (including phenoxy) is 1. The Morgan fingerprint density at radius 3 is 2.74 bits per heavy atom. The van der Waals surface area contributed by atoms with E-state index in [4.69, 9.17) is 16.3 Å². The highest BCUT2D eigenvalue weighted by molar-refractivity contribution is 6.32. The van der Waals surface area contributed by atoms with Crippen LogP contribution in [-0.4, -0.2) is 15.9 Å². The summed E-state index contributed by atoms with van der Waals surface area (Å²) in [7, 11) is 0. The second kappa shape index (κ2) is 10.2. The highest BCUT2D eigenvalue weighted by Gasteiger charge is 2.14. The van der Waals surface area contributed by atoms with Crippen molar-refractivity contribution in [2.75, 3.05) is 10.6 Å². The van der Waals surface area contributed by atoms with Gasteiger partial charge in [0.2, 0.25) is 5.91 Å².